The van der Waals surface area contributed by atoms with Crippen molar-refractivity contribution >= 4 is 20.2 Å². The predicted molar refractivity (Wildman–Crippen MR) is 245 cm³/mol. The summed E-state index contributed by atoms with van der Waals surface area (Å²) in [5.41, 5.74) is 0. The van der Waals surface area contributed by atoms with E-state index >= 15 is 0 Å². The van der Waals surface area contributed by atoms with Gasteiger partial charge in [0.05, 0.1) is 22.7 Å². The molecule has 0 N–H and O–H groups in total. The zero-order valence-corrected chi connectivity index (χ0v) is 37.1. The standard InChI is InChI=1S/4C9H14.2C7H10O3S.3CH4/c4*1-2-8-4-6-3-7(1)9(8)5-6;2*8-11(9)7-3-4-1-5(7)6(2-4)10-11;;;/h4*6-9H,1-5H2;2*4-7H,1-3H2;3*1H4. The summed E-state index contributed by atoms with van der Waals surface area (Å²) in [5.74, 6) is 21.2. The first-order valence-electron chi connectivity index (χ1n) is 25.9. The minimum Gasteiger partial charge on any atom is -0.266 e. The lowest BCUT2D eigenvalue weighted by Crippen LogP contribution is -2.21. The van der Waals surface area contributed by atoms with Gasteiger partial charge in [-0.15, -0.1) is 0 Å². The molecule has 0 aromatic carbocycles. The lowest BCUT2D eigenvalue weighted by atomic mass is 9.89. The van der Waals surface area contributed by atoms with E-state index in [-0.39, 0.29) is 45.0 Å². The van der Waals surface area contributed by atoms with Crippen molar-refractivity contribution in [3.8, 4) is 0 Å². The quantitative estimate of drug-likeness (QED) is 0.225. The van der Waals surface area contributed by atoms with E-state index < -0.39 is 20.2 Å². The molecule has 16 atom stereocenters. The Kier molecular flexibility index (Phi) is 12.1. The molecule has 12 bridgehead atoms. The van der Waals surface area contributed by atoms with Gasteiger partial charge in [0.1, 0.15) is 0 Å². The van der Waals surface area contributed by atoms with Gasteiger partial charge in [-0.2, -0.15) is 16.8 Å². The predicted octanol–water partition coefficient (Wildman–Crippen LogP) is 12.7. The van der Waals surface area contributed by atoms with Gasteiger partial charge in [0.15, 0.2) is 0 Å². The Labute approximate surface area is 374 Å². The molecule has 0 amide bonds. The molecule has 2 aliphatic heterocycles. The molecule has 2 saturated heterocycles. The largest absolute Gasteiger partial charge is 0.270 e. The van der Waals surface area contributed by atoms with E-state index in [2.05, 4.69) is 0 Å². The van der Waals surface area contributed by atoms with Crippen LogP contribution in [0.3, 0.4) is 0 Å². The molecule has 18 fully saturated rings. The molecule has 18 rings (SSSR count). The fourth-order valence-corrected chi connectivity index (χ4v) is 24.6. The minimum atomic E-state index is -3.13. The Balaban J connectivity index is 0.0000000869. The molecule has 18 aliphatic rings. The molecule has 16 aliphatic carbocycles. The van der Waals surface area contributed by atoms with E-state index in [1.54, 1.807) is 128 Å². The highest BCUT2D eigenvalue weighted by atomic mass is 32.2. The van der Waals surface area contributed by atoms with Gasteiger partial charge in [0.25, 0.3) is 20.2 Å². The maximum absolute atomic E-state index is 11.3. The second kappa shape index (κ2) is 16.6. The zero-order valence-electron chi connectivity index (χ0n) is 35.5. The summed E-state index contributed by atoms with van der Waals surface area (Å²) in [6.45, 7) is 0. The van der Waals surface area contributed by atoms with Crippen LogP contribution in [0.4, 0.5) is 0 Å². The third kappa shape index (κ3) is 7.64. The molecule has 0 aromatic heterocycles. The minimum absolute atomic E-state index is 0. The van der Waals surface area contributed by atoms with Crippen LogP contribution in [0.25, 0.3) is 0 Å². The van der Waals surface area contributed by atoms with E-state index in [9.17, 15) is 16.8 Å². The van der Waals surface area contributed by atoms with E-state index in [0.717, 1.165) is 38.5 Å². The van der Waals surface area contributed by atoms with Crippen LogP contribution < -0.4 is 0 Å². The van der Waals surface area contributed by atoms with E-state index in [0.29, 0.717) is 23.7 Å². The Morgan fingerprint density at radius 3 is 0.639 bits per heavy atom. The van der Waals surface area contributed by atoms with Crippen LogP contribution >= 0.6 is 0 Å². The van der Waals surface area contributed by atoms with Crippen molar-refractivity contribution in [2.24, 2.45) is 118 Å². The summed E-state index contributed by atoms with van der Waals surface area (Å²) in [6, 6.07) is 0. The Morgan fingerprint density at radius 2 is 0.475 bits per heavy atom. The molecule has 0 aromatic rings. The first kappa shape index (κ1) is 44.6. The Bertz CT molecular complexity index is 1550. The first-order valence-corrected chi connectivity index (χ1v) is 28.8. The molecule has 61 heavy (non-hydrogen) atoms. The fraction of sp³-hybridized carbons (Fsp3) is 1.00. The molecule has 16 saturated carbocycles. The molecular weight excluding hydrogens is 797 g/mol. The van der Waals surface area contributed by atoms with Gasteiger partial charge in [0.2, 0.25) is 0 Å². The van der Waals surface area contributed by atoms with Crippen LogP contribution in [-0.2, 0) is 28.6 Å². The summed E-state index contributed by atoms with van der Waals surface area (Å²) >= 11 is 0. The van der Waals surface area contributed by atoms with Crippen molar-refractivity contribution in [1.29, 1.82) is 0 Å². The molecular formula is C53H88O6S2. The molecule has 0 radical (unpaired) electrons. The van der Waals surface area contributed by atoms with Crippen molar-refractivity contribution in [2.75, 3.05) is 0 Å². The fourth-order valence-electron chi connectivity index (χ4n) is 20.8. The van der Waals surface area contributed by atoms with Crippen molar-refractivity contribution in [3.63, 3.8) is 0 Å². The maximum Gasteiger partial charge on any atom is 0.270 e. The summed E-state index contributed by atoms with van der Waals surface area (Å²) in [6.07, 6.45) is 38.1. The number of fused-ring (bicyclic) bond motifs is 6. The molecule has 2 heterocycles. The van der Waals surface area contributed by atoms with Gasteiger partial charge in [-0.1, -0.05) is 22.3 Å². The highest BCUT2D eigenvalue weighted by Crippen LogP contribution is 2.62. The maximum atomic E-state index is 11.3. The van der Waals surface area contributed by atoms with Crippen LogP contribution in [0.2, 0.25) is 0 Å². The topological polar surface area (TPSA) is 86.7 Å². The van der Waals surface area contributed by atoms with Crippen molar-refractivity contribution < 1.29 is 25.2 Å². The Morgan fingerprint density at radius 1 is 0.262 bits per heavy atom. The average Bonchev–Trinajstić information content (AvgIpc) is 3.99. The van der Waals surface area contributed by atoms with Gasteiger partial charge < -0.3 is 0 Å². The normalized spacial score (nSPS) is 56.8. The summed E-state index contributed by atoms with van der Waals surface area (Å²) < 4.78 is 55.0. The monoisotopic (exact) mass is 885 g/mol. The summed E-state index contributed by atoms with van der Waals surface area (Å²) in [7, 11) is -6.26. The van der Waals surface area contributed by atoms with Crippen LogP contribution in [0.5, 0.6) is 0 Å². The van der Waals surface area contributed by atoms with Gasteiger partial charge >= 0.3 is 0 Å². The molecule has 16 unspecified atom stereocenters. The van der Waals surface area contributed by atoms with Gasteiger partial charge in [0, 0.05) is 11.8 Å². The van der Waals surface area contributed by atoms with E-state index in [1.807, 2.05) is 0 Å². The highest BCUT2D eigenvalue weighted by molar-refractivity contribution is 7.87. The molecule has 0 spiro atoms. The molecule has 8 heteroatoms. The smallest absolute Gasteiger partial charge is 0.266 e. The van der Waals surface area contributed by atoms with E-state index in [1.165, 1.54) is 94.7 Å². The molecule has 6 nitrogen and oxygen atoms in total. The van der Waals surface area contributed by atoms with Crippen LogP contribution in [0, 0.1) is 118 Å². The second-order valence-electron chi connectivity index (χ2n) is 25.1. The van der Waals surface area contributed by atoms with Crippen molar-refractivity contribution in [2.45, 2.75) is 212 Å². The third-order valence-corrected chi connectivity index (χ3v) is 26.2. The van der Waals surface area contributed by atoms with E-state index in [4.69, 9.17) is 8.37 Å². The first-order chi connectivity index (χ1) is 28.1. The Hall–Kier alpha value is -0.180. The average molecular weight is 885 g/mol. The van der Waals surface area contributed by atoms with Gasteiger partial charge in [-0.3, -0.25) is 8.37 Å². The van der Waals surface area contributed by atoms with Crippen molar-refractivity contribution in [1.82, 2.24) is 0 Å². The lowest BCUT2D eigenvalue weighted by molar-refractivity contribution is 0.195. The third-order valence-electron chi connectivity index (χ3n) is 22.6. The molecule has 348 valence electrons. The van der Waals surface area contributed by atoms with Crippen LogP contribution in [-0.4, -0.2) is 39.5 Å². The number of rotatable bonds is 0. The SMILES string of the molecule is C.C.C.C1CC2CC3CC1C2C3.C1CC2CC3CC1C2C3.C1CC2CC3CC1C2C3.C1CC2CC3CC1C2C3.O=S1(=O)OC2CC3CC2C1C3.O=S1(=O)OC2CC3CC2C1C3. The van der Waals surface area contributed by atoms with Crippen molar-refractivity contribution in [3.05, 3.63) is 0 Å². The van der Waals surface area contributed by atoms with Gasteiger partial charge in [-0.05, 0) is 273 Å². The van der Waals surface area contributed by atoms with Gasteiger partial charge in [-0.25, -0.2) is 0 Å². The van der Waals surface area contributed by atoms with Crippen LogP contribution in [0.15, 0.2) is 0 Å². The summed E-state index contributed by atoms with van der Waals surface area (Å²) in [4.78, 5) is 0. The van der Waals surface area contributed by atoms with Crippen LogP contribution in [0.1, 0.15) is 189 Å². The zero-order chi connectivity index (χ0) is 38.7. The number of hydrogen-bond donors (Lipinski definition) is 0. The highest BCUT2D eigenvalue weighted by Gasteiger charge is 2.60. The lowest BCUT2D eigenvalue weighted by Gasteiger charge is -2.16. The second-order valence-corrected chi connectivity index (χ2v) is 28.7. The summed E-state index contributed by atoms with van der Waals surface area (Å²) in [5, 5.41) is -0.266. The number of hydrogen-bond acceptors (Lipinski definition) is 6.